The fraction of sp³-hybridized carbons (Fsp3) is 0.250. The maximum atomic E-state index is 12.9. The zero-order valence-electron chi connectivity index (χ0n) is 10.8. The largest absolute Gasteiger partial charge is 0.313 e. The highest BCUT2D eigenvalue weighted by Gasteiger charge is 2.09. The Kier molecular flexibility index (Phi) is 4.11. The Balaban J connectivity index is 2.14. The summed E-state index contributed by atoms with van der Waals surface area (Å²) >= 11 is 0. The van der Waals surface area contributed by atoms with Crippen molar-refractivity contribution in [2.24, 2.45) is 0 Å². The van der Waals surface area contributed by atoms with E-state index in [-0.39, 0.29) is 11.9 Å². The van der Waals surface area contributed by atoms with Gasteiger partial charge in [0.05, 0.1) is 0 Å². The lowest BCUT2D eigenvalue weighted by atomic mass is 9.98. The number of hydrogen-bond donors (Lipinski definition) is 1. The molecular formula is C16H18FN. The Hall–Kier alpha value is -1.67. The number of benzene rings is 2. The zero-order valence-corrected chi connectivity index (χ0v) is 10.8. The van der Waals surface area contributed by atoms with E-state index in [1.807, 2.05) is 19.2 Å². The molecule has 0 saturated heterocycles. The van der Waals surface area contributed by atoms with Gasteiger partial charge in [0.1, 0.15) is 5.82 Å². The van der Waals surface area contributed by atoms with Crippen LogP contribution in [-0.2, 0) is 6.42 Å². The van der Waals surface area contributed by atoms with E-state index in [0.717, 1.165) is 12.0 Å². The average Bonchev–Trinajstić information content (AvgIpc) is 2.39. The molecule has 0 radical (unpaired) electrons. The number of halogens is 1. The molecule has 2 aromatic carbocycles. The van der Waals surface area contributed by atoms with Crippen LogP contribution >= 0.6 is 0 Å². The van der Waals surface area contributed by atoms with Crippen LogP contribution in [0, 0.1) is 12.7 Å². The molecule has 94 valence electrons. The second-order valence-electron chi connectivity index (χ2n) is 4.58. The minimum absolute atomic E-state index is 0.185. The van der Waals surface area contributed by atoms with Crippen LogP contribution in [0.2, 0.25) is 0 Å². The van der Waals surface area contributed by atoms with Gasteiger partial charge < -0.3 is 5.32 Å². The normalized spacial score (nSPS) is 12.4. The van der Waals surface area contributed by atoms with Gasteiger partial charge in [-0.2, -0.15) is 0 Å². The van der Waals surface area contributed by atoms with Crippen molar-refractivity contribution in [2.75, 3.05) is 7.05 Å². The molecule has 2 rings (SSSR count). The van der Waals surface area contributed by atoms with Gasteiger partial charge in [0, 0.05) is 6.04 Å². The van der Waals surface area contributed by atoms with E-state index in [9.17, 15) is 4.39 Å². The summed E-state index contributed by atoms with van der Waals surface area (Å²) in [5.41, 5.74) is 3.65. The molecule has 18 heavy (non-hydrogen) atoms. The molecule has 0 aliphatic rings. The molecule has 1 nitrogen and oxygen atoms in total. The molecule has 2 aromatic rings. The molecule has 0 bridgehead atoms. The van der Waals surface area contributed by atoms with Crippen LogP contribution in [0.25, 0.3) is 0 Å². The summed E-state index contributed by atoms with van der Waals surface area (Å²) in [6.45, 7) is 2.08. The monoisotopic (exact) mass is 243 g/mol. The minimum Gasteiger partial charge on any atom is -0.313 e. The summed E-state index contributed by atoms with van der Waals surface area (Å²) in [7, 11) is 1.95. The van der Waals surface area contributed by atoms with Crippen LogP contribution in [0.4, 0.5) is 4.39 Å². The molecule has 0 saturated carbocycles. The lowest BCUT2D eigenvalue weighted by molar-refractivity contribution is 0.589. The Bertz CT molecular complexity index is 488. The molecule has 1 N–H and O–H groups in total. The van der Waals surface area contributed by atoms with Gasteiger partial charge in [-0.3, -0.25) is 0 Å². The molecule has 2 heteroatoms. The number of nitrogens with one attached hydrogen (secondary N) is 1. The molecule has 0 heterocycles. The number of hydrogen-bond acceptors (Lipinski definition) is 1. The zero-order chi connectivity index (χ0) is 13.0. The molecule has 0 spiro atoms. The fourth-order valence-electron chi connectivity index (χ4n) is 2.04. The maximum absolute atomic E-state index is 12.9. The fourth-order valence-corrected chi connectivity index (χ4v) is 2.04. The van der Waals surface area contributed by atoms with E-state index < -0.39 is 0 Å². The Labute approximate surface area is 108 Å². The second-order valence-corrected chi connectivity index (χ2v) is 4.58. The van der Waals surface area contributed by atoms with E-state index in [1.54, 1.807) is 0 Å². The predicted molar refractivity (Wildman–Crippen MR) is 73.1 cm³/mol. The summed E-state index contributed by atoms with van der Waals surface area (Å²) in [5, 5.41) is 3.31. The van der Waals surface area contributed by atoms with Crippen molar-refractivity contribution in [3.63, 3.8) is 0 Å². The van der Waals surface area contributed by atoms with Crippen molar-refractivity contribution in [2.45, 2.75) is 19.4 Å². The van der Waals surface area contributed by atoms with Crippen LogP contribution in [0.1, 0.15) is 22.7 Å². The highest BCUT2D eigenvalue weighted by atomic mass is 19.1. The first-order valence-corrected chi connectivity index (χ1v) is 6.17. The van der Waals surface area contributed by atoms with Crippen LogP contribution in [0.15, 0.2) is 48.5 Å². The van der Waals surface area contributed by atoms with E-state index in [4.69, 9.17) is 0 Å². The number of likely N-dealkylation sites (N-methyl/N-ethyl adjacent to an activating group) is 1. The van der Waals surface area contributed by atoms with Gasteiger partial charge in [0.15, 0.2) is 0 Å². The van der Waals surface area contributed by atoms with E-state index in [2.05, 4.69) is 36.5 Å². The van der Waals surface area contributed by atoms with Crippen molar-refractivity contribution in [1.29, 1.82) is 0 Å². The topological polar surface area (TPSA) is 12.0 Å². The van der Waals surface area contributed by atoms with Gasteiger partial charge in [-0.05, 0) is 43.7 Å². The molecule has 0 amide bonds. The summed E-state index contributed by atoms with van der Waals surface area (Å²) in [6.07, 6.45) is 0.861. The first-order chi connectivity index (χ1) is 8.69. The van der Waals surface area contributed by atoms with Gasteiger partial charge in [-0.1, -0.05) is 42.0 Å². The van der Waals surface area contributed by atoms with E-state index >= 15 is 0 Å². The second kappa shape index (κ2) is 5.78. The number of aryl methyl sites for hydroxylation is 1. The Morgan fingerprint density at radius 3 is 2.17 bits per heavy atom. The quantitative estimate of drug-likeness (QED) is 0.864. The van der Waals surface area contributed by atoms with Crippen LogP contribution in [0.3, 0.4) is 0 Å². The van der Waals surface area contributed by atoms with Gasteiger partial charge in [0.25, 0.3) is 0 Å². The standard InChI is InChI=1S/C16H18FN/c1-12-3-7-14(8-4-12)16(18-2)11-13-5-9-15(17)10-6-13/h3-10,16,18H,11H2,1-2H3. The van der Waals surface area contributed by atoms with Gasteiger partial charge in [-0.25, -0.2) is 4.39 Å². The minimum atomic E-state index is -0.185. The molecule has 0 aliphatic carbocycles. The molecular weight excluding hydrogens is 225 g/mol. The van der Waals surface area contributed by atoms with Crippen LogP contribution in [-0.4, -0.2) is 7.05 Å². The molecule has 0 fully saturated rings. The van der Waals surface area contributed by atoms with Crippen molar-refractivity contribution in [3.05, 3.63) is 71.0 Å². The smallest absolute Gasteiger partial charge is 0.123 e. The van der Waals surface area contributed by atoms with Crippen molar-refractivity contribution in [1.82, 2.24) is 5.32 Å². The lowest BCUT2D eigenvalue weighted by Crippen LogP contribution is -2.18. The summed E-state index contributed by atoms with van der Waals surface area (Å²) in [4.78, 5) is 0. The van der Waals surface area contributed by atoms with Crippen molar-refractivity contribution >= 4 is 0 Å². The van der Waals surface area contributed by atoms with Gasteiger partial charge in [-0.15, -0.1) is 0 Å². The SMILES string of the molecule is CNC(Cc1ccc(F)cc1)c1ccc(C)cc1. The number of rotatable bonds is 4. The third-order valence-electron chi connectivity index (χ3n) is 3.18. The van der Waals surface area contributed by atoms with Crippen LogP contribution < -0.4 is 5.32 Å². The lowest BCUT2D eigenvalue weighted by Gasteiger charge is -2.17. The Morgan fingerprint density at radius 1 is 1.00 bits per heavy atom. The van der Waals surface area contributed by atoms with E-state index in [1.165, 1.54) is 23.3 Å². The third kappa shape index (κ3) is 3.17. The third-order valence-corrected chi connectivity index (χ3v) is 3.18. The van der Waals surface area contributed by atoms with Gasteiger partial charge in [0.2, 0.25) is 0 Å². The summed E-state index contributed by atoms with van der Waals surface area (Å²) in [6, 6.07) is 15.5. The highest BCUT2D eigenvalue weighted by Crippen LogP contribution is 2.18. The summed E-state index contributed by atoms with van der Waals surface area (Å²) in [5.74, 6) is -0.185. The molecule has 1 unspecified atom stereocenters. The van der Waals surface area contributed by atoms with E-state index in [0.29, 0.717) is 0 Å². The van der Waals surface area contributed by atoms with Gasteiger partial charge >= 0.3 is 0 Å². The Morgan fingerprint density at radius 2 is 1.61 bits per heavy atom. The highest BCUT2D eigenvalue weighted by molar-refractivity contribution is 5.26. The maximum Gasteiger partial charge on any atom is 0.123 e. The van der Waals surface area contributed by atoms with Crippen molar-refractivity contribution in [3.8, 4) is 0 Å². The van der Waals surface area contributed by atoms with Crippen LogP contribution in [0.5, 0.6) is 0 Å². The summed E-state index contributed by atoms with van der Waals surface area (Å²) < 4.78 is 12.9. The first-order valence-electron chi connectivity index (χ1n) is 6.17. The van der Waals surface area contributed by atoms with Crippen molar-refractivity contribution < 1.29 is 4.39 Å². The molecule has 0 aromatic heterocycles. The average molecular weight is 243 g/mol. The first kappa shape index (κ1) is 12.8. The molecule has 1 atom stereocenters. The molecule has 0 aliphatic heterocycles. The predicted octanol–water partition coefficient (Wildman–Crippen LogP) is 3.64.